The third-order valence-electron chi connectivity index (χ3n) is 3.03. The van der Waals surface area contributed by atoms with Gasteiger partial charge in [0.05, 0.1) is 10.7 Å². The van der Waals surface area contributed by atoms with E-state index < -0.39 is 0 Å². The van der Waals surface area contributed by atoms with Gasteiger partial charge in [-0.3, -0.25) is 0 Å². The second-order valence-corrected chi connectivity index (χ2v) is 5.82. The van der Waals surface area contributed by atoms with E-state index in [1.807, 2.05) is 11.3 Å². The molecule has 16 heavy (non-hydrogen) atoms. The Kier molecular flexibility index (Phi) is 4.36. The minimum atomic E-state index is 0.951. The van der Waals surface area contributed by atoms with Crippen LogP contribution in [0.15, 0.2) is 0 Å². The number of nitrogens with zero attached hydrogens (tertiary/aromatic N) is 1. The number of thiazole rings is 1. The molecule has 1 N–H and O–H groups in total. The van der Waals surface area contributed by atoms with E-state index in [0.29, 0.717) is 0 Å². The van der Waals surface area contributed by atoms with E-state index in [1.54, 1.807) is 0 Å². The molecule has 0 saturated heterocycles. The molecule has 1 saturated carbocycles. The molecule has 0 unspecified atom stereocenters. The van der Waals surface area contributed by atoms with Crippen molar-refractivity contribution in [3.05, 3.63) is 15.6 Å². The van der Waals surface area contributed by atoms with Crippen LogP contribution < -0.4 is 5.32 Å². The molecule has 0 amide bonds. The Labute approximate surface area is 102 Å². The topological polar surface area (TPSA) is 24.9 Å². The van der Waals surface area contributed by atoms with Gasteiger partial charge in [0.15, 0.2) is 0 Å². The van der Waals surface area contributed by atoms with Crippen LogP contribution in [0.3, 0.4) is 0 Å². The average molecular weight is 238 g/mol. The second kappa shape index (κ2) is 5.78. The molecule has 1 heterocycles. The molecule has 1 aliphatic carbocycles. The maximum atomic E-state index is 4.77. The minimum Gasteiger partial charge on any atom is -0.312 e. The lowest BCUT2D eigenvalue weighted by Gasteiger charge is -2.01. The highest BCUT2D eigenvalue weighted by Crippen LogP contribution is 2.34. The third-order valence-corrected chi connectivity index (χ3v) is 4.15. The van der Waals surface area contributed by atoms with E-state index in [4.69, 9.17) is 4.98 Å². The van der Waals surface area contributed by atoms with Crippen molar-refractivity contribution in [1.29, 1.82) is 0 Å². The maximum Gasteiger partial charge on any atom is 0.0934 e. The van der Waals surface area contributed by atoms with Gasteiger partial charge in [0.25, 0.3) is 0 Å². The molecule has 1 aromatic rings. The van der Waals surface area contributed by atoms with Crippen molar-refractivity contribution in [2.75, 3.05) is 6.54 Å². The Morgan fingerprint density at radius 2 is 2.19 bits per heavy atom. The zero-order valence-electron chi connectivity index (χ0n) is 10.4. The smallest absolute Gasteiger partial charge is 0.0934 e. The fourth-order valence-corrected chi connectivity index (χ4v) is 3.13. The molecule has 0 spiro atoms. The molecule has 0 bridgehead atoms. The van der Waals surface area contributed by atoms with Crippen molar-refractivity contribution in [3.63, 3.8) is 0 Å². The molecule has 0 atom stereocenters. The minimum absolute atomic E-state index is 0.951. The van der Waals surface area contributed by atoms with Gasteiger partial charge in [-0.05, 0) is 38.1 Å². The Morgan fingerprint density at radius 3 is 2.81 bits per heavy atom. The standard InChI is InChI=1S/C13H22N2S/c1-3-7-14-9-12-11(4-2)15-13(16-12)8-10-5-6-10/h10,14H,3-9H2,1-2H3. The quantitative estimate of drug-likeness (QED) is 0.738. The molecule has 3 heteroatoms. The average Bonchev–Trinajstić information content (AvgIpc) is 3.00. The van der Waals surface area contributed by atoms with Gasteiger partial charge < -0.3 is 5.32 Å². The molecule has 0 aliphatic heterocycles. The van der Waals surface area contributed by atoms with Crippen LogP contribution >= 0.6 is 11.3 Å². The molecule has 1 fully saturated rings. The number of hydrogen-bond acceptors (Lipinski definition) is 3. The molecule has 1 aliphatic rings. The van der Waals surface area contributed by atoms with Crippen LogP contribution in [0.1, 0.15) is 48.7 Å². The highest BCUT2D eigenvalue weighted by molar-refractivity contribution is 7.11. The molecule has 90 valence electrons. The molecular formula is C13H22N2S. The first kappa shape index (κ1) is 12.1. The molecule has 0 aromatic carbocycles. The predicted molar refractivity (Wildman–Crippen MR) is 69.9 cm³/mol. The van der Waals surface area contributed by atoms with Crippen molar-refractivity contribution < 1.29 is 0 Å². The number of nitrogens with one attached hydrogen (secondary N) is 1. The van der Waals surface area contributed by atoms with Gasteiger partial charge in [-0.1, -0.05) is 13.8 Å². The maximum absolute atomic E-state index is 4.77. The first-order chi connectivity index (χ1) is 7.83. The van der Waals surface area contributed by atoms with Gasteiger partial charge in [-0.15, -0.1) is 11.3 Å². The van der Waals surface area contributed by atoms with E-state index in [-0.39, 0.29) is 0 Å². The summed E-state index contributed by atoms with van der Waals surface area (Å²) in [4.78, 5) is 6.23. The number of aromatic nitrogens is 1. The summed E-state index contributed by atoms with van der Waals surface area (Å²) in [5, 5.41) is 4.85. The fourth-order valence-electron chi connectivity index (χ4n) is 1.89. The van der Waals surface area contributed by atoms with Crippen molar-refractivity contribution in [2.45, 2.75) is 52.5 Å². The molecule has 2 nitrogen and oxygen atoms in total. The normalized spacial score (nSPS) is 15.6. The third kappa shape index (κ3) is 3.29. The lowest BCUT2D eigenvalue weighted by molar-refractivity contribution is 0.676. The van der Waals surface area contributed by atoms with E-state index in [9.17, 15) is 0 Å². The Morgan fingerprint density at radius 1 is 1.38 bits per heavy atom. The van der Waals surface area contributed by atoms with Gasteiger partial charge in [0.2, 0.25) is 0 Å². The summed E-state index contributed by atoms with van der Waals surface area (Å²) in [5.74, 6) is 0.951. The van der Waals surface area contributed by atoms with Crippen molar-refractivity contribution >= 4 is 11.3 Å². The highest BCUT2D eigenvalue weighted by Gasteiger charge is 2.23. The SMILES string of the molecule is CCCNCc1sc(CC2CC2)nc1CC. The van der Waals surface area contributed by atoms with Gasteiger partial charge in [0, 0.05) is 17.8 Å². The summed E-state index contributed by atoms with van der Waals surface area (Å²) in [7, 11) is 0. The Bertz CT molecular complexity index is 329. The Hall–Kier alpha value is -0.410. The number of rotatable bonds is 7. The lowest BCUT2D eigenvalue weighted by atomic mass is 10.3. The van der Waals surface area contributed by atoms with E-state index in [2.05, 4.69) is 19.2 Å². The number of hydrogen-bond donors (Lipinski definition) is 1. The first-order valence-corrected chi connectivity index (χ1v) is 7.33. The molecule has 2 rings (SSSR count). The summed E-state index contributed by atoms with van der Waals surface area (Å²) >= 11 is 1.93. The number of aryl methyl sites for hydroxylation is 1. The van der Waals surface area contributed by atoms with Crippen LogP contribution in [0.2, 0.25) is 0 Å². The van der Waals surface area contributed by atoms with Crippen LogP contribution in [-0.2, 0) is 19.4 Å². The lowest BCUT2D eigenvalue weighted by Crippen LogP contribution is -2.13. The monoisotopic (exact) mass is 238 g/mol. The zero-order valence-corrected chi connectivity index (χ0v) is 11.2. The summed E-state index contributed by atoms with van der Waals surface area (Å²) in [5.41, 5.74) is 1.32. The first-order valence-electron chi connectivity index (χ1n) is 6.51. The summed E-state index contributed by atoms with van der Waals surface area (Å²) in [6, 6.07) is 0. The van der Waals surface area contributed by atoms with Crippen LogP contribution in [0.5, 0.6) is 0 Å². The summed E-state index contributed by atoms with van der Waals surface area (Å²) in [6.45, 7) is 6.54. The molecule has 0 radical (unpaired) electrons. The van der Waals surface area contributed by atoms with Crippen LogP contribution in [-0.4, -0.2) is 11.5 Å². The van der Waals surface area contributed by atoms with Crippen molar-refractivity contribution in [2.24, 2.45) is 5.92 Å². The molecular weight excluding hydrogens is 216 g/mol. The predicted octanol–water partition coefficient (Wildman–Crippen LogP) is 3.16. The van der Waals surface area contributed by atoms with Gasteiger partial charge >= 0.3 is 0 Å². The van der Waals surface area contributed by atoms with E-state index in [1.165, 1.54) is 41.3 Å². The molecule has 1 aromatic heterocycles. The second-order valence-electron chi connectivity index (χ2n) is 4.66. The fraction of sp³-hybridized carbons (Fsp3) is 0.769. The van der Waals surface area contributed by atoms with Crippen molar-refractivity contribution in [1.82, 2.24) is 10.3 Å². The van der Waals surface area contributed by atoms with Gasteiger partial charge in [0.1, 0.15) is 0 Å². The summed E-state index contributed by atoms with van der Waals surface area (Å²) in [6.07, 6.45) is 6.35. The zero-order chi connectivity index (χ0) is 11.4. The van der Waals surface area contributed by atoms with Crippen LogP contribution in [0, 0.1) is 5.92 Å². The Balaban J connectivity index is 1.94. The van der Waals surface area contributed by atoms with E-state index in [0.717, 1.165) is 25.4 Å². The highest BCUT2D eigenvalue weighted by atomic mass is 32.1. The summed E-state index contributed by atoms with van der Waals surface area (Å²) < 4.78 is 0. The van der Waals surface area contributed by atoms with Crippen molar-refractivity contribution in [3.8, 4) is 0 Å². The van der Waals surface area contributed by atoms with Crippen LogP contribution in [0.4, 0.5) is 0 Å². The van der Waals surface area contributed by atoms with E-state index >= 15 is 0 Å². The largest absolute Gasteiger partial charge is 0.312 e. The van der Waals surface area contributed by atoms with Gasteiger partial charge in [-0.25, -0.2) is 4.98 Å². The van der Waals surface area contributed by atoms with Gasteiger partial charge in [-0.2, -0.15) is 0 Å². The van der Waals surface area contributed by atoms with Crippen LogP contribution in [0.25, 0.3) is 0 Å².